The molecule has 7 heteroatoms. The molecule has 0 unspecified atom stereocenters. The van der Waals surface area contributed by atoms with Crippen LogP contribution >= 0.6 is 23.2 Å². The highest BCUT2D eigenvalue weighted by Gasteiger charge is 2.32. The van der Waals surface area contributed by atoms with Gasteiger partial charge in [-0.2, -0.15) is 4.31 Å². The first-order valence-electron chi connectivity index (χ1n) is 7.11. The van der Waals surface area contributed by atoms with Gasteiger partial charge < -0.3 is 5.32 Å². The Morgan fingerprint density at radius 2 is 1.81 bits per heavy atom. The van der Waals surface area contributed by atoms with E-state index < -0.39 is 10.0 Å². The molecule has 1 aliphatic rings. The van der Waals surface area contributed by atoms with Crippen LogP contribution in [0.5, 0.6) is 0 Å². The third-order valence-corrected chi connectivity index (χ3v) is 6.63. The van der Waals surface area contributed by atoms with Crippen LogP contribution in [-0.2, 0) is 10.0 Å². The van der Waals surface area contributed by atoms with Crippen molar-refractivity contribution in [3.63, 3.8) is 0 Å². The van der Waals surface area contributed by atoms with Crippen molar-refractivity contribution in [2.45, 2.75) is 24.7 Å². The zero-order valence-electron chi connectivity index (χ0n) is 12.0. The maximum Gasteiger partial charge on any atom is 0.246 e. The Hall–Kier alpha value is -0.330. The smallest absolute Gasteiger partial charge is 0.246 e. The SMILES string of the molecule is CCNCC1CCN(S(=O)(=O)c2c(Cl)cccc2Cl)CC1. The lowest BCUT2D eigenvalue weighted by molar-refractivity contribution is 0.268. The van der Waals surface area contributed by atoms with Crippen LogP contribution in [0.15, 0.2) is 23.1 Å². The molecule has 1 aromatic rings. The summed E-state index contributed by atoms with van der Waals surface area (Å²) in [7, 11) is -3.62. The fourth-order valence-corrected chi connectivity index (χ4v) is 5.12. The molecule has 4 nitrogen and oxygen atoms in total. The molecule has 21 heavy (non-hydrogen) atoms. The Morgan fingerprint density at radius 3 is 2.33 bits per heavy atom. The summed E-state index contributed by atoms with van der Waals surface area (Å²) < 4.78 is 26.9. The molecule has 1 saturated heterocycles. The maximum absolute atomic E-state index is 12.7. The first-order valence-corrected chi connectivity index (χ1v) is 9.31. The Labute approximate surface area is 136 Å². The van der Waals surface area contributed by atoms with Gasteiger partial charge in [0.15, 0.2) is 0 Å². The molecule has 0 saturated carbocycles. The van der Waals surface area contributed by atoms with Crippen molar-refractivity contribution >= 4 is 33.2 Å². The molecule has 1 aliphatic heterocycles. The van der Waals surface area contributed by atoms with Gasteiger partial charge in [-0.15, -0.1) is 0 Å². The quantitative estimate of drug-likeness (QED) is 0.887. The van der Waals surface area contributed by atoms with Crippen LogP contribution in [0.25, 0.3) is 0 Å². The highest BCUT2D eigenvalue weighted by Crippen LogP contribution is 2.33. The Balaban J connectivity index is 2.12. The topological polar surface area (TPSA) is 49.4 Å². The van der Waals surface area contributed by atoms with Gasteiger partial charge in [0.05, 0.1) is 10.0 Å². The van der Waals surface area contributed by atoms with E-state index in [0.29, 0.717) is 19.0 Å². The van der Waals surface area contributed by atoms with E-state index in [4.69, 9.17) is 23.2 Å². The molecule has 1 fully saturated rings. The van der Waals surface area contributed by atoms with Gasteiger partial charge in [-0.25, -0.2) is 8.42 Å². The highest BCUT2D eigenvalue weighted by molar-refractivity contribution is 7.89. The molecular weight excluding hydrogens is 331 g/mol. The third kappa shape index (κ3) is 3.90. The van der Waals surface area contributed by atoms with Crippen molar-refractivity contribution in [1.82, 2.24) is 9.62 Å². The second-order valence-electron chi connectivity index (χ2n) is 5.21. The predicted octanol–water partition coefficient (Wildman–Crippen LogP) is 3.00. The first kappa shape index (κ1) is 17.0. The van der Waals surface area contributed by atoms with E-state index in [2.05, 4.69) is 12.2 Å². The first-order chi connectivity index (χ1) is 9.96. The summed E-state index contributed by atoms with van der Waals surface area (Å²) in [5, 5.41) is 3.67. The summed E-state index contributed by atoms with van der Waals surface area (Å²) >= 11 is 12.1. The van der Waals surface area contributed by atoms with Crippen LogP contribution < -0.4 is 5.32 Å². The maximum atomic E-state index is 12.7. The van der Waals surface area contributed by atoms with Crippen LogP contribution in [0.2, 0.25) is 10.0 Å². The average Bonchev–Trinajstić information content (AvgIpc) is 2.45. The minimum atomic E-state index is -3.62. The largest absolute Gasteiger partial charge is 0.317 e. The molecule has 2 rings (SSSR count). The highest BCUT2D eigenvalue weighted by atomic mass is 35.5. The Kier molecular flexibility index (Phi) is 5.91. The van der Waals surface area contributed by atoms with Gasteiger partial charge >= 0.3 is 0 Å². The fourth-order valence-electron chi connectivity index (χ4n) is 2.56. The van der Waals surface area contributed by atoms with Crippen molar-refractivity contribution in [3.05, 3.63) is 28.2 Å². The van der Waals surface area contributed by atoms with E-state index in [1.165, 1.54) is 4.31 Å². The summed E-state index contributed by atoms with van der Waals surface area (Å²) in [6.45, 7) is 4.98. The van der Waals surface area contributed by atoms with Crippen LogP contribution in [-0.4, -0.2) is 38.9 Å². The number of halogens is 2. The molecule has 0 bridgehead atoms. The second kappa shape index (κ2) is 7.29. The molecule has 0 aliphatic carbocycles. The normalized spacial score (nSPS) is 18.0. The summed E-state index contributed by atoms with van der Waals surface area (Å²) in [5.74, 6) is 0.526. The summed E-state index contributed by atoms with van der Waals surface area (Å²) in [5.41, 5.74) is 0. The zero-order chi connectivity index (χ0) is 15.5. The Bertz CT molecular complexity index is 564. The molecule has 1 heterocycles. The summed E-state index contributed by atoms with van der Waals surface area (Å²) in [6.07, 6.45) is 1.71. The number of nitrogens with zero attached hydrogens (tertiary/aromatic N) is 1. The number of sulfonamides is 1. The molecule has 0 amide bonds. The lowest BCUT2D eigenvalue weighted by atomic mass is 9.98. The molecule has 0 spiro atoms. The van der Waals surface area contributed by atoms with Crippen LogP contribution in [0, 0.1) is 5.92 Å². The number of rotatable bonds is 5. The molecule has 0 atom stereocenters. The van der Waals surface area contributed by atoms with Crippen molar-refractivity contribution in [2.24, 2.45) is 5.92 Å². The van der Waals surface area contributed by atoms with Gasteiger partial charge in [-0.05, 0) is 44.0 Å². The number of benzene rings is 1. The van der Waals surface area contributed by atoms with Crippen molar-refractivity contribution in [3.8, 4) is 0 Å². The molecule has 118 valence electrons. The predicted molar refractivity (Wildman–Crippen MR) is 86.5 cm³/mol. The van der Waals surface area contributed by atoms with E-state index in [1.54, 1.807) is 18.2 Å². The van der Waals surface area contributed by atoms with Crippen molar-refractivity contribution in [2.75, 3.05) is 26.2 Å². The standard InChI is InChI=1S/C14H20Cl2N2O2S/c1-2-17-10-11-6-8-18(9-7-11)21(19,20)14-12(15)4-3-5-13(14)16/h3-5,11,17H,2,6-10H2,1H3. The molecule has 0 radical (unpaired) electrons. The molecule has 0 aromatic heterocycles. The lowest BCUT2D eigenvalue weighted by Crippen LogP contribution is -2.40. The summed E-state index contributed by atoms with van der Waals surface area (Å²) in [6, 6.07) is 4.75. The van der Waals surface area contributed by atoms with E-state index in [0.717, 1.165) is 25.9 Å². The van der Waals surface area contributed by atoms with Gasteiger partial charge in [0.2, 0.25) is 10.0 Å². The number of piperidine rings is 1. The monoisotopic (exact) mass is 350 g/mol. The lowest BCUT2D eigenvalue weighted by Gasteiger charge is -2.31. The number of nitrogens with one attached hydrogen (secondary N) is 1. The fraction of sp³-hybridized carbons (Fsp3) is 0.571. The van der Waals surface area contributed by atoms with Gasteiger partial charge in [0.25, 0.3) is 0 Å². The van der Waals surface area contributed by atoms with Crippen molar-refractivity contribution < 1.29 is 8.42 Å². The third-order valence-electron chi connectivity index (χ3n) is 3.77. The van der Waals surface area contributed by atoms with Crippen LogP contribution in [0.1, 0.15) is 19.8 Å². The zero-order valence-corrected chi connectivity index (χ0v) is 14.3. The average molecular weight is 351 g/mol. The number of hydrogen-bond acceptors (Lipinski definition) is 3. The summed E-state index contributed by atoms with van der Waals surface area (Å²) in [4.78, 5) is 0.0264. The van der Waals surface area contributed by atoms with E-state index in [1.807, 2.05) is 0 Å². The molecule has 1 aromatic carbocycles. The van der Waals surface area contributed by atoms with Gasteiger partial charge in [-0.1, -0.05) is 36.2 Å². The van der Waals surface area contributed by atoms with Gasteiger partial charge in [0, 0.05) is 13.1 Å². The number of hydrogen-bond donors (Lipinski definition) is 1. The van der Waals surface area contributed by atoms with Crippen LogP contribution in [0.3, 0.4) is 0 Å². The second-order valence-corrected chi connectivity index (χ2v) is 7.90. The minimum absolute atomic E-state index is 0.0264. The van der Waals surface area contributed by atoms with E-state index >= 15 is 0 Å². The van der Waals surface area contributed by atoms with E-state index in [9.17, 15) is 8.42 Å². The van der Waals surface area contributed by atoms with Crippen LogP contribution in [0.4, 0.5) is 0 Å². The Morgan fingerprint density at radius 1 is 1.24 bits per heavy atom. The van der Waals surface area contributed by atoms with Gasteiger partial charge in [-0.3, -0.25) is 0 Å². The van der Waals surface area contributed by atoms with E-state index in [-0.39, 0.29) is 14.9 Å². The van der Waals surface area contributed by atoms with Crippen molar-refractivity contribution in [1.29, 1.82) is 0 Å². The minimum Gasteiger partial charge on any atom is -0.317 e. The molecular formula is C14H20Cl2N2O2S. The molecule has 1 N–H and O–H groups in total. The van der Waals surface area contributed by atoms with Gasteiger partial charge in [0.1, 0.15) is 4.90 Å².